The second-order valence-electron chi connectivity index (χ2n) is 3.94. The van der Waals surface area contributed by atoms with Gasteiger partial charge in [-0.05, 0) is 30.3 Å². The molecule has 0 aliphatic carbocycles. The van der Waals surface area contributed by atoms with Gasteiger partial charge < -0.3 is 15.2 Å². The zero-order chi connectivity index (χ0) is 14.5. The molecule has 0 spiro atoms. The Balaban J connectivity index is 2.28. The molecule has 0 aromatic heterocycles. The number of benzene rings is 2. The minimum absolute atomic E-state index is 0.412. The van der Waals surface area contributed by atoms with Gasteiger partial charge in [0.05, 0.1) is 30.6 Å². The number of ether oxygens (including phenoxy) is 2. The van der Waals surface area contributed by atoms with Crippen molar-refractivity contribution in [1.29, 1.82) is 0 Å². The van der Waals surface area contributed by atoms with E-state index < -0.39 is 0 Å². The minimum atomic E-state index is 0.412. The van der Waals surface area contributed by atoms with Crippen molar-refractivity contribution in [3.8, 4) is 11.5 Å². The van der Waals surface area contributed by atoms with E-state index in [9.17, 15) is 0 Å². The average molecular weight is 292 g/mol. The van der Waals surface area contributed by atoms with Crippen LogP contribution < -0.4 is 15.2 Å². The molecule has 0 aliphatic rings. The van der Waals surface area contributed by atoms with E-state index in [1.807, 2.05) is 12.1 Å². The second kappa shape index (κ2) is 6.25. The molecule has 0 unspecified atom stereocenters. The molecule has 0 heterocycles. The van der Waals surface area contributed by atoms with Gasteiger partial charge in [-0.1, -0.05) is 11.6 Å². The lowest BCUT2D eigenvalue weighted by atomic mass is 10.2. The van der Waals surface area contributed by atoms with Gasteiger partial charge in [0.15, 0.2) is 0 Å². The van der Waals surface area contributed by atoms with Crippen LogP contribution in [0, 0.1) is 0 Å². The minimum Gasteiger partial charge on any atom is -0.497 e. The summed E-state index contributed by atoms with van der Waals surface area (Å²) >= 11 is 5.97. The first-order chi connectivity index (χ1) is 9.63. The third kappa shape index (κ3) is 3.19. The van der Waals surface area contributed by atoms with E-state index >= 15 is 0 Å². The maximum Gasteiger partial charge on any atom is 0.148 e. The first-order valence-corrected chi connectivity index (χ1v) is 6.20. The lowest BCUT2D eigenvalue weighted by Gasteiger charge is -2.06. The summed E-state index contributed by atoms with van der Waals surface area (Å²) in [5.74, 6) is 1.28. The van der Waals surface area contributed by atoms with Crippen LogP contribution in [0.1, 0.15) is 0 Å². The maximum atomic E-state index is 5.97. The van der Waals surface area contributed by atoms with Crippen LogP contribution in [0.3, 0.4) is 0 Å². The molecule has 2 N–H and O–H groups in total. The lowest BCUT2D eigenvalue weighted by Crippen LogP contribution is -1.89. The highest BCUT2D eigenvalue weighted by atomic mass is 35.5. The van der Waals surface area contributed by atoms with Crippen LogP contribution in [-0.2, 0) is 0 Å². The largest absolute Gasteiger partial charge is 0.497 e. The van der Waals surface area contributed by atoms with Gasteiger partial charge in [0.2, 0.25) is 0 Å². The molecule has 0 radical (unpaired) electrons. The molecule has 0 bridgehead atoms. The number of anilines is 1. The van der Waals surface area contributed by atoms with E-state index in [0.29, 0.717) is 27.8 Å². The molecule has 5 nitrogen and oxygen atoms in total. The van der Waals surface area contributed by atoms with Gasteiger partial charge in [-0.2, -0.15) is 5.11 Å². The molecule has 20 heavy (non-hydrogen) atoms. The summed E-state index contributed by atoms with van der Waals surface area (Å²) in [5.41, 5.74) is 7.35. The molecule has 2 rings (SSSR count). The van der Waals surface area contributed by atoms with Crippen LogP contribution in [0.2, 0.25) is 5.02 Å². The van der Waals surface area contributed by atoms with Gasteiger partial charge in [0.1, 0.15) is 17.2 Å². The highest BCUT2D eigenvalue weighted by molar-refractivity contribution is 6.33. The Morgan fingerprint density at radius 2 is 1.70 bits per heavy atom. The summed E-state index contributed by atoms with van der Waals surface area (Å²) in [5, 5.41) is 8.66. The van der Waals surface area contributed by atoms with E-state index in [0.717, 1.165) is 5.75 Å². The number of nitrogen functional groups attached to an aromatic ring is 1. The molecule has 0 fully saturated rings. The van der Waals surface area contributed by atoms with E-state index in [1.165, 1.54) is 7.11 Å². The molecule has 0 amide bonds. The molecular formula is C14H14ClN3O2. The van der Waals surface area contributed by atoms with Gasteiger partial charge >= 0.3 is 0 Å². The van der Waals surface area contributed by atoms with E-state index in [-0.39, 0.29) is 0 Å². The monoisotopic (exact) mass is 291 g/mol. The lowest BCUT2D eigenvalue weighted by molar-refractivity contribution is 0.415. The highest BCUT2D eigenvalue weighted by Crippen LogP contribution is 2.35. The van der Waals surface area contributed by atoms with Gasteiger partial charge in [-0.3, -0.25) is 0 Å². The Bertz CT molecular complexity index is 627. The summed E-state index contributed by atoms with van der Waals surface area (Å²) in [6.45, 7) is 0. The van der Waals surface area contributed by atoms with Gasteiger partial charge in [0, 0.05) is 6.07 Å². The van der Waals surface area contributed by atoms with E-state index in [4.69, 9.17) is 26.8 Å². The van der Waals surface area contributed by atoms with E-state index in [2.05, 4.69) is 10.2 Å². The van der Waals surface area contributed by atoms with Crippen molar-refractivity contribution in [2.45, 2.75) is 0 Å². The molecule has 104 valence electrons. The number of hydrogen-bond acceptors (Lipinski definition) is 5. The van der Waals surface area contributed by atoms with Crippen LogP contribution in [0.5, 0.6) is 11.5 Å². The predicted molar refractivity (Wildman–Crippen MR) is 79.6 cm³/mol. The fourth-order valence-corrected chi connectivity index (χ4v) is 1.72. The first-order valence-electron chi connectivity index (χ1n) is 5.83. The number of rotatable bonds is 4. The summed E-state index contributed by atoms with van der Waals surface area (Å²) in [6, 6.07) is 10.4. The van der Waals surface area contributed by atoms with Crippen LogP contribution in [0.15, 0.2) is 46.6 Å². The van der Waals surface area contributed by atoms with Crippen LogP contribution in [0.25, 0.3) is 0 Å². The molecule has 0 saturated carbocycles. The van der Waals surface area contributed by atoms with E-state index in [1.54, 1.807) is 31.4 Å². The number of hydrogen-bond donors (Lipinski definition) is 1. The molecule has 2 aromatic carbocycles. The Morgan fingerprint density at radius 3 is 2.30 bits per heavy atom. The SMILES string of the molecule is COc1ccc(/N=N/c2cc(Cl)c(N)cc2OC)cc1. The van der Waals surface area contributed by atoms with Gasteiger partial charge in [-0.25, -0.2) is 0 Å². The van der Waals surface area contributed by atoms with Gasteiger partial charge in [-0.15, -0.1) is 5.11 Å². The Kier molecular flexibility index (Phi) is 4.42. The summed E-state index contributed by atoms with van der Waals surface area (Å²) in [6.07, 6.45) is 0. The standard InChI is InChI=1S/C14H14ClN3O2/c1-19-10-5-3-9(4-6-10)17-18-13-7-11(15)12(16)8-14(13)20-2/h3-8H,16H2,1-2H3/b18-17+. The maximum absolute atomic E-state index is 5.97. The zero-order valence-corrected chi connectivity index (χ0v) is 11.9. The fraction of sp³-hybridized carbons (Fsp3) is 0.143. The zero-order valence-electron chi connectivity index (χ0n) is 11.1. The quantitative estimate of drug-likeness (QED) is 0.672. The molecule has 0 aliphatic heterocycles. The Hall–Kier alpha value is -2.27. The smallest absolute Gasteiger partial charge is 0.148 e. The second-order valence-corrected chi connectivity index (χ2v) is 4.35. The van der Waals surface area contributed by atoms with Crippen LogP contribution in [0.4, 0.5) is 17.1 Å². The van der Waals surface area contributed by atoms with Crippen LogP contribution in [-0.4, -0.2) is 14.2 Å². The Morgan fingerprint density at radius 1 is 1.00 bits per heavy atom. The average Bonchev–Trinajstić information content (AvgIpc) is 2.48. The number of nitrogens with two attached hydrogens (primary N) is 1. The van der Waals surface area contributed by atoms with Crippen molar-refractivity contribution in [2.24, 2.45) is 10.2 Å². The van der Waals surface area contributed by atoms with Crippen LogP contribution >= 0.6 is 11.6 Å². The third-order valence-electron chi connectivity index (χ3n) is 2.64. The normalized spacial score (nSPS) is 10.8. The van der Waals surface area contributed by atoms with Gasteiger partial charge in [0.25, 0.3) is 0 Å². The summed E-state index contributed by atoms with van der Waals surface area (Å²) in [7, 11) is 3.15. The number of nitrogens with zero attached hydrogens (tertiary/aromatic N) is 2. The van der Waals surface area contributed by atoms with Crippen molar-refractivity contribution < 1.29 is 9.47 Å². The molecule has 2 aromatic rings. The topological polar surface area (TPSA) is 69.2 Å². The van der Waals surface area contributed by atoms with Crippen molar-refractivity contribution in [3.05, 3.63) is 41.4 Å². The first kappa shape index (κ1) is 14.1. The third-order valence-corrected chi connectivity index (χ3v) is 2.97. The molecule has 6 heteroatoms. The summed E-state index contributed by atoms with van der Waals surface area (Å²) < 4.78 is 10.3. The number of azo groups is 1. The highest BCUT2D eigenvalue weighted by Gasteiger charge is 2.06. The molecular weight excluding hydrogens is 278 g/mol. The fourth-order valence-electron chi connectivity index (χ4n) is 1.56. The van der Waals surface area contributed by atoms with Crippen molar-refractivity contribution in [3.63, 3.8) is 0 Å². The van der Waals surface area contributed by atoms with Crippen molar-refractivity contribution >= 4 is 28.7 Å². The number of methoxy groups -OCH3 is 2. The Labute approximate surface area is 122 Å². The van der Waals surface area contributed by atoms with Crippen molar-refractivity contribution in [2.75, 3.05) is 20.0 Å². The molecule has 0 atom stereocenters. The number of halogens is 1. The predicted octanol–water partition coefficient (Wildman–Crippen LogP) is 4.35. The summed E-state index contributed by atoms with van der Waals surface area (Å²) in [4.78, 5) is 0. The molecule has 0 saturated heterocycles. The van der Waals surface area contributed by atoms with Crippen molar-refractivity contribution in [1.82, 2.24) is 0 Å².